The highest BCUT2D eigenvalue weighted by Crippen LogP contribution is 2.58. The number of hydrogen-bond donors (Lipinski definition) is 2. The number of carbonyl (C=O) groups is 2. The molecule has 0 saturated carbocycles. The Hall–Kier alpha value is -1.40. The Morgan fingerprint density at radius 2 is 1.73 bits per heavy atom. The topological polar surface area (TPSA) is 124 Å². The molecule has 1 unspecified atom stereocenters. The number of ether oxygens (including phenoxy) is 5. The number of cyclic esters (lactones) is 1. The van der Waals surface area contributed by atoms with Crippen molar-refractivity contribution >= 4 is 11.8 Å². The molecule has 2 N–H and O–H groups in total. The van der Waals surface area contributed by atoms with E-state index in [2.05, 4.69) is 0 Å². The summed E-state index contributed by atoms with van der Waals surface area (Å²) in [4.78, 5) is 27.8. The highest BCUT2D eigenvalue weighted by molar-refractivity contribution is 5.88. The van der Waals surface area contributed by atoms with Gasteiger partial charge < -0.3 is 38.8 Å². The van der Waals surface area contributed by atoms with Crippen LogP contribution in [0.5, 0.6) is 0 Å². The molecule has 0 aromatic rings. The molecule has 4 fully saturated rings. The van der Waals surface area contributed by atoms with E-state index in [0.717, 1.165) is 0 Å². The summed E-state index contributed by atoms with van der Waals surface area (Å²) in [7, 11) is 3.82. The Morgan fingerprint density at radius 3 is 2.32 bits per heavy atom. The van der Waals surface area contributed by atoms with Crippen LogP contribution < -0.4 is 0 Å². The summed E-state index contributed by atoms with van der Waals surface area (Å²) in [6, 6.07) is -0.193. The van der Waals surface area contributed by atoms with E-state index < -0.39 is 65.5 Å². The van der Waals surface area contributed by atoms with Gasteiger partial charge in [-0.05, 0) is 79.6 Å². The van der Waals surface area contributed by atoms with E-state index in [9.17, 15) is 19.8 Å². The summed E-state index contributed by atoms with van der Waals surface area (Å²) in [5.41, 5.74) is -1.27. The maximum Gasteiger partial charge on any atom is 0.311 e. The van der Waals surface area contributed by atoms with Crippen molar-refractivity contribution in [1.82, 2.24) is 4.90 Å². The van der Waals surface area contributed by atoms with Gasteiger partial charge in [0.15, 0.2) is 17.9 Å². The normalized spacial score (nSPS) is 50.0. The Balaban J connectivity index is 1.82. The molecule has 1 spiro atoms. The molecular weight excluding hydrogens is 530 g/mol. The molecule has 0 aromatic heterocycles. The molecule has 10 heteroatoms. The van der Waals surface area contributed by atoms with Crippen molar-refractivity contribution in [2.75, 3.05) is 14.1 Å². The van der Waals surface area contributed by atoms with E-state index in [0.29, 0.717) is 31.3 Å². The van der Waals surface area contributed by atoms with Crippen LogP contribution in [0.15, 0.2) is 11.6 Å². The third kappa shape index (κ3) is 5.78. The largest absolute Gasteiger partial charge is 0.459 e. The van der Waals surface area contributed by atoms with Crippen LogP contribution in [0.25, 0.3) is 0 Å². The number of aliphatic hydroxyl groups is 2. The number of hydrogen-bond acceptors (Lipinski definition) is 10. The molecule has 0 amide bonds. The first kappa shape index (κ1) is 32.5. The van der Waals surface area contributed by atoms with Gasteiger partial charge in [-0.15, -0.1) is 0 Å². The van der Waals surface area contributed by atoms with Gasteiger partial charge in [0.1, 0.15) is 17.8 Å². The number of fused-ring (bicyclic) bond motifs is 2. The van der Waals surface area contributed by atoms with E-state index >= 15 is 0 Å². The molecular formula is C31H51NO9. The fraction of sp³-hybridized carbons (Fsp3) is 0.871. The van der Waals surface area contributed by atoms with Gasteiger partial charge >= 0.3 is 5.97 Å². The van der Waals surface area contributed by atoms with Gasteiger partial charge in [0, 0.05) is 24.3 Å². The molecule has 13 atom stereocenters. The van der Waals surface area contributed by atoms with Crippen molar-refractivity contribution in [1.29, 1.82) is 0 Å². The van der Waals surface area contributed by atoms with Gasteiger partial charge in [-0.2, -0.15) is 0 Å². The minimum absolute atomic E-state index is 0.126. The fourth-order valence-corrected chi connectivity index (χ4v) is 7.72. The lowest BCUT2D eigenvalue weighted by Gasteiger charge is -2.47. The van der Waals surface area contributed by atoms with Crippen LogP contribution in [0.3, 0.4) is 0 Å². The molecule has 10 nitrogen and oxygen atoms in total. The highest BCUT2D eigenvalue weighted by atomic mass is 16.8. The number of nitrogens with zero attached hydrogens (tertiary/aromatic N) is 1. The van der Waals surface area contributed by atoms with Gasteiger partial charge in [-0.25, -0.2) is 0 Å². The SMILES string of the molecule is CC[C@H]1OC(=O)[C@H](C)[C@@H](O)[C@H](C)[C@@H](O[C@@H]2O[C@H](C)C[C@H](N(C)C)[C@H]2O)[C@@]2(C)C[C@@H](C)C3(O2)O[C@@]1(C)C/C3=C\C(C)=O. The van der Waals surface area contributed by atoms with E-state index in [1.54, 1.807) is 13.0 Å². The summed E-state index contributed by atoms with van der Waals surface area (Å²) in [6.45, 7) is 14.7. The van der Waals surface area contributed by atoms with Crippen LogP contribution in [0.1, 0.15) is 81.1 Å². The average Bonchev–Trinajstić information content (AvgIpc) is 3.31. The smallest absolute Gasteiger partial charge is 0.311 e. The predicted octanol–water partition coefficient (Wildman–Crippen LogP) is 2.97. The summed E-state index contributed by atoms with van der Waals surface area (Å²) in [5.74, 6) is -3.59. The van der Waals surface area contributed by atoms with Crippen LogP contribution in [0.2, 0.25) is 0 Å². The molecule has 3 bridgehead atoms. The maximum atomic E-state index is 13.4. The molecule has 4 saturated heterocycles. The lowest BCUT2D eigenvalue weighted by Crippen LogP contribution is -2.59. The standard InChI is InChI=1S/C31H51NO9/c1-11-23-29(7)15-21(12-17(3)33)31(40-29)16(2)14-30(8,41-31)26(19(5)24(34)20(6)27(36)38-23)39-28-25(35)22(32(9)10)13-18(4)37-28/h12,16,18-20,22-26,28,34-35H,11,13-15H2,1-10H3/b21-12+/t16-,18-,19+,20-,22+,23-,24+,25-,26-,28+,29+,30-,31?/m1/s1. The van der Waals surface area contributed by atoms with Gasteiger partial charge in [-0.3, -0.25) is 9.59 Å². The number of rotatable bonds is 5. The summed E-state index contributed by atoms with van der Waals surface area (Å²) in [5, 5.41) is 22.9. The van der Waals surface area contributed by atoms with Crippen molar-refractivity contribution in [3.8, 4) is 0 Å². The van der Waals surface area contributed by atoms with E-state index in [4.69, 9.17) is 23.7 Å². The summed E-state index contributed by atoms with van der Waals surface area (Å²) < 4.78 is 32.6. The molecule has 4 heterocycles. The third-order valence-electron chi connectivity index (χ3n) is 9.87. The second-order valence-corrected chi connectivity index (χ2v) is 13.7. The molecule has 234 valence electrons. The minimum atomic E-state index is -1.25. The van der Waals surface area contributed by atoms with Crippen molar-refractivity contribution in [2.24, 2.45) is 17.8 Å². The third-order valence-corrected chi connectivity index (χ3v) is 9.87. The van der Waals surface area contributed by atoms with Crippen LogP contribution >= 0.6 is 0 Å². The monoisotopic (exact) mass is 581 g/mol. The molecule has 4 aliphatic heterocycles. The van der Waals surface area contributed by atoms with Gasteiger partial charge in [-0.1, -0.05) is 20.8 Å². The molecule has 41 heavy (non-hydrogen) atoms. The molecule has 4 aliphatic rings. The first-order chi connectivity index (χ1) is 19.0. The molecule has 0 aromatic carbocycles. The zero-order valence-corrected chi connectivity index (χ0v) is 26.4. The Morgan fingerprint density at radius 1 is 1.10 bits per heavy atom. The van der Waals surface area contributed by atoms with Crippen molar-refractivity contribution in [2.45, 2.75) is 141 Å². The number of ketones is 1. The number of esters is 1. The fourth-order valence-electron chi connectivity index (χ4n) is 7.72. The van der Waals surface area contributed by atoms with Crippen LogP contribution in [0.4, 0.5) is 0 Å². The van der Waals surface area contributed by atoms with Crippen molar-refractivity contribution in [3.63, 3.8) is 0 Å². The van der Waals surface area contributed by atoms with E-state index in [-0.39, 0.29) is 23.8 Å². The zero-order valence-electron chi connectivity index (χ0n) is 26.4. The van der Waals surface area contributed by atoms with Gasteiger partial charge in [0.2, 0.25) is 0 Å². The Labute approximate surface area is 244 Å². The summed E-state index contributed by atoms with van der Waals surface area (Å²) >= 11 is 0. The maximum absolute atomic E-state index is 13.4. The highest BCUT2D eigenvalue weighted by Gasteiger charge is 2.66. The average molecular weight is 582 g/mol. The Bertz CT molecular complexity index is 1030. The van der Waals surface area contributed by atoms with Crippen molar-refractivity contribution < 1.29 is 43.5 Å². The van der Waals surface area contributed by atoms with Gasteiger partial charge in [0.25, 0.3) is 0 Å². The second kappa shape index (κ2) is 11.6. The molecule has 0 aliphatic carbocycles. The number of likely N-dealkylation sites (N-methyl/N-ethyl adjacent to an activating group) is 1. The summed E-state index contributed by atoms with van der Waals surface area (Å²) in [6.07, 6.45) is -1.12. The first-order valence-electron chi connectivity index (χ1n) is 15.1. The first-order valence-corrected chi connectivity index (χ1v) is 15.1. The van der Waals surface area contributed by atoms with Crippen LogP contribution in [0, 0.1) is 17.8 Å². The second-order valence-electron chi connectivity index (χ2n) is 13.7. The molecule has 4 rings (SSSR count). The molecule has 0 radical (unpaired) electrons. The van der Waals surface area contributed by atoms with Crippen LogP contribution in [-0.2, 0) is 33.3 Å². The number of allylic oxidation sites excluding steroid dienone is 1. The minimum Gasteiger partial charge on any atom is -0.459 e. The quantitative estimate of drug-likeness (QED) is 0.370. The van der Waals surface area contributed by atoms with Crippen molar-refractivity contribution in [3.05, 3.63) is 11.6 Å². The predicted molar refractivity (Wildman–Crippen MR) is 151 cm³/mol. The van der Waals surface area contributed by atoms with Gasteiger partial charge in [0.05, 0.1) is 29.8 Å². The number of carbonyl (C=O) groups excluding carboxylic acids is 2. The lowest BCUT2D eigenvalue weighted by molar-refractivity contribution is -0.326. The van der Waals surface area contributed by atoms with E-state index in [1.165, 1.54) is 6.92 Å². The van der Waals surface area contributed by atoms with Crippen LogP contribution in [-0.4, -0.2) is 101 Å². The Kier molecular flexibility index (Phi) is 9.20. The lowest BCUT2D eigenvalue weighted by atomic mass is 9.78. The zero-order chi connectivity index (χ0) is 30.7. The number of aliphatic hydroxyl groups excluding tert-OH is 2. The van der Waals surface area contributed by atoms with E-state index in [1.807, 2.05) is 60.5 Å².